The Morgan fingerprint density at radius 2 is 2.00 bits per heavy atom. The van der Waals surface area contributed by atoms with Crippen molar-refractivity contribution in [2.45, 2.75) is 6.92 Å². The van der Waals surface area contributed by atoms with Gasteiger partial charge in [0.15, 0.2) is 0 Å². The summed E-state index contributed by atoms with van der Waals surface area (Å²) in [6, 6.07) is 18.2. The van der Waals surface area contributed by atoms with E-state index in [1.165, 1.54) is 5.56 Å². The number of aryl methyl sites for hydroxylation is 1. The normalized spacial score (nSPS) is 11.4. The number of hydrazone groups is 1. The smallest absolute Gasteiger partial charge is 0.222 e. The first-order valence-electron chi connectivity index (χ1n) is 8.06. The van der Waals surface area contributed by atoms with Crippen LogP contribution in [0.3, 0.4) is 0 Å². The van der Waals surface area contributed by atoms with Crippen molar-refractivity contribution in [1.29, 1.82) is 0 Å². The number of hydrogen-bond acceptors (Lipinski definition) is 4. The number of nitrogens with zero attached hydrogens (tertiary/aromatic N) is 2. The molecule has 4 aromatic rings. The Labute approximate surface area is 145 Å². The van der Waals surface area contributed by atoms with Gasteiger partial charge >= 0.3 is 0 Å². The molecule has 1 heterocycles. The molecule has 3 aromatic carbocycles. The maximum atomic E-state index is 5.47. The lowest BCUT2D eigenvalue weighted by Crippen LogP contribution is -1.96. The third kappa shape index (κ3) is 2.92. The highest BCUT2D eigenvalue weighted by molar-refractivity contribution is 6.02. The SMILES string of the molecule is COc1ccc2ccccc2c1/C=N\Nc1nc2ccc(C)cc2[nH]1. The van der Waals surface area contributed by atoms with Crippen molar-refractivity contribution in [1.82, 2.24) is 9.97 Å². The van der Waals surface area contributed by atoms with E-state index < -0.39 is 0 Å². The van der Waals surface area contributed by atoms with Crippen LogP contribution >= 0.6 is 0 Å². The Bertz CT molecular complexity index is 1080. The standard InChI is InChI=1S/C20H18N4O/c1-13-7-9-17-18(11-13)23-20(22-17)24-21-12-16-15-6-4-3-5-14(15)8-10-19(16)25-2/h3-12H,1-2H3,(H2,22,23,24)/b21-12-. The number of anilines is 1. The second-order valence-electron chi connectivity index (χ2n) is 5.88. The van der Waals surface area contributed by atoms with E-state index in [0.29, 0.717) is 5.95 Å². The molecule has 124 valence electrons. The molecule has 0 spiro atoms. The van der Waals surface area contributed by atoms with Crippen LogP contribution < -0.4 is 10.2 Å². The topological polar surface area (TPSA) is 62.3 Å². The Morgan fingerprint density at radius 3 is 2.88 bits per heavy atom. The van der Waals surface area contributed by atoms with Crippen LogP contribution in [0.5, 0.6) is 5.75 Å². The van der Waals surface area contributed by atoms with E-state index in [0.717, 1.165) is 33.1 Å². The molecule has 0 fully saturated rings. The average molecular weight is 330 g/mol. The molecule has 5 heteroatoms. The van der Waals surface area contributed by atoms with Gasteiger partial charge in [0.25, 0.3) is 0 Å². The van der Waals surface area contributed by atoms with Crippen molar-refractivity contribution < 1.29 is 4.74 Å². The number of methoxy groups -OCH3 is 1. The summed E-state index contributed by atoms with van der Waals surface area (Å²) in [7, 11) is 1.66. The fraction of sp³-hybridized carbons (Fsp3) is 0.100. The Kier molecular flexibility index (Phi) is 3.82. The number of H-pyrrole nitrogens is 1. The molecule has 0 amide bonds. The van der Waals surface area contributed by atoms with Crippen LogP contribution in [0.15, 0.2) is 59.7 Å². The molecule has 0 bridgehead atoms. The van der Waals surface area contributed by atoms with E-state index in [-0.39, 0.29) is 0 Å². The van der Waals surface area contributed by atoms with Crippen molar-refractivity contribution in [3.05, 3.63) is 65.7 Å². The van der Waals surface area contributed by atoms with Crippen LogP contribution in [0.1, 0.15) is 11.1 Å². The van der Waals surface area contributed by atoms with Gasteiger partial charge in [0.05, 0.1) is 24.4 Å². The number of benzene rings is 3. The lowest BCUT2D eigenvalue weighted by atomic mass is 10.0. The molecule has 0 saturated heterocycles. The van der Waals surface area contributed by atoms with Gasteiger partial charge in [-0.25, -0.2) is 10.4 Å². The van der Waals surface area contributed by atoms with Gasteiger partial charge in [-0.2, -0.15) is 5.10 Å². The molecule has 25 heavy (non-hydrogen) atoms. The molecule has 0 aliphatic carbocycles. The van der Waals surface area contributed by atoms with Crippen molar-refractivity contribution in [2.75, 3.05) is 12.5 Å². The van der Waals surface area contributed by atoms with E-state index in [1.54, 1.807) is 13.3 Å². The summed E-state index contributed by atoms with van der Waals surface area (Å²) in [4.78, 5) is 7.70. The van der Waals surface area contributed by atoms with E-state index in [2.05, 4.69) is 45.6 Å². The quantitative estimate of drug-likeness (QED) is 0.428. The predicted molar refractivity (Wildman–Crippen MR) is 103 cm³/mol. The second kappa shape index (κ2) is 6.28. The van der Waals surface area contributed by atoms with Crippen molar-refractivity contribution in [3.63, 3.8) is 0 Å². The largest absolute Gasteiger partial charge is 0.496 e. The highest BCUT2D eigenvalue weighted by atomic mass is 16.5. The lowest BCUT2D eigenvalue weighted by Gasteiger charge is -2.08. The number of fused-ring (bicyclic) bond motifs is 2. The van der Waals surface area contributed by atoms with E-state index in [9.17, 15) is 0 Å². The van der Waals surface area contributed by atoms with Gasteiger partial charge in [0.1, 0.15) is 5.75 Å². The number of ether oxygens (including phenoxy) is 1. The zero-order valence-corrected chi connectivity index (χ0v) is 14.1. The highest BCUT2D eigenvalue weighted by Crippen LogP contribution is 2.26. The first kappa shape index (κ1) is 15.2. The highest BCUT2D eigenvalue weighted by Gasteiger charge is 2.06. The molecule has 0 aliphatic rings. The monoisotopic (exact) mass is 330 g/mol. The molecule has 0 saturated carbocycles. The van der Waals surface area contributed by atoms with Crippen LogP contribution in [0, 0.1) is 6.92 Å². The van der Waals surface area contributed by atoms with Crippen molar-refractivity contribution >= 4 is 34.0 Å². The fourth-order valence-corrected chi connectivity index (χ4v) is 2.92. The molecular weight excluding hydrogens is 312 g/mol. The zero-order valence-electron chi connectivity index (χ0n) is 14.1. The van der Waals surface area contributed by atoms with Crippen molar-refractivity contribution in [2.24, 2.45) is 5.10 Å². The molecule has 2 N–H and O–H groups in total. The number of nitrogens with one attached hydrogen (secondary N) is 2. The summed E-state index contributed by atoms with van der Waals surface area (Å²) in [5, 5.41) is 6.57. The van der Waals surface area contributed by atoms with E-state index >= 15 is 0 Å². The van der Waals surface area contributed by atoms with Crippen LogP contribution in [-0.2, 0) is 0 Å². The van der Waals surface area contributed by atoms with Gasteiger partial charge in [0, 0.05) is 5.56 Å². The molecule has 4 rings (SSSR count). The van der Waals surface area contributed by atoms with Gasteiger partial charge in [-0.3, -0.25) is 0 Å². The summed E-state index contributed by atoms with van der Waals surface area (Å²) in [5.41, 5.74) is 6.98. The minimum absolute atomic E-state index is 0.607. The van der Waals surface area contributed by atoms with Gasteiger partial charge in [0.2, 0.25) is 5.95 Å². The summed E-state index contributed by atoms with van der Waals surface area (Å²) in [6.07, 6.45) is 1.76. The van der Waals surface area contributed by atoms with Crippen LogP contribution in [-0.4, -0.2) is 23.3 Å². The van der Waals surface area contributed by atoms with E-state index in [1.807, 2.05) is 36.4 Å². The molecule has 0 radical (unpaired) electrons. The Balaban J connectivity index is 1.66. The maximum Gasteiger partial charge on any atom is 0.222 e. The summed E-state index contributed by atoms with van der Waals surface area (Å²) in [6.45, 7) is 2.05. The zero-order chi connectivity index (χ0) is 17.2. The summed E-state index contributed by atoms with van der Waals surface area (Å²) >= 11 is 0. The molecule has 0 atom stereocenters. The number of aromatic amines is 1. The van der Waals surface area contributed by atoms with Crippen LogP contribution in [0.4, 0.5) is 5.95 Å². The van der Waals surface area contributed by atoms with Gasteiger partial charge < -0.3 is 9.72 Å². The number of aromatic nitrogens is 2. The maximum absolute atomic E-state index is 5.47. The molecule has 0 aliphatic heterocycles. The molecule has 5 nitrogen and oxygen atoms in total. The molecule has 0 unspecified atom stereocenters. The third-order valence-electron chi connectivity index (χ3n) is 4.15. The van der Waals surface area contributed by atoms with E-state index in [4.69, 9.17) is 4.74 Å². The molecular formula is C20H18N4O. The van der Waals surface area contributed by atoms with Crippen molar-refractivity contribution in [3.8, 4) is 5.75 Å². The first-order chi connectivity index (χ1) is 12.2. The van der Waals surface area contributed by atoms with Gasteiger partial charge in [-0.05, 0) is 41.5 Å². The fourth-order valence-electron chi connectivity index (χ4n) is 2.92. The first-order valence-corrected chi connectivity index (χ1v) is 8.06. The minimum atomic E-state index is 0.607. The minimum Gasteiger partial charge on any atom is -0.496 e. The second-order valence-corrected chi connectivity index (χ2v) is 5.88. The number of imidazole rings is 1. The average Bonchev–Trinajstić information content (AvgIpc) is 3.03. The Hall–Kier alpha value is -3.34. The number of hydrogen-bond donors (Lipinski definition) is 2. The Morgan fingerprint density at radius 1 is 1.12 bits per heavy atom. The lowest BCUT2D eigenvalue weighted by molar-refractivity contribution is 0.415. The number of rotatable bonds is 4. The van der Waals surface area contributed by atoms with Gasteiger partial charge in [-0.15, -0.1) is 0 Å². The molecule has 1 aromatic heterocycles. The van der Waals surface area contributed by atoms with Crippen LogP contribution in [0.2, 0.25) is 0 Å². The third-order valence-corrected chi connectivity index (χ3v) is 4.15. The van der Waals surface area contributed by atoms with Crippen LogP contribution in [0.25, 0.3) is 21.8 Å². The summed E-state index contributed by atoms with van der Waals surface area (Å²) < 4.78 is 5.47. The van der Waals surface area contributed by atoms with Gasteiger partial charge in [-0.1, -0.05) is 36.4 Å². The predicted octanol–water partition coefficient (Wildman–Crippen LogP) is 4.48. The summed E-state index contributed by atoms with van der Waals surface area (Å²) in [5.74, 6) is 1.39.